The quantitative estimate of drug-likeness (QED) is 0.285. The third-order valence-corrected chi connectivity index (χ3v) is 5.22. The third-order valence-electron chi connectivity index (χ3n) is 4.39. The van der Waals surface area contributed by atoms with Crippen LogP contribution in [-0.2, 0) is 9.53 Å². The molecule has 0 aliphatic carbocycles. The topological polar surface area (TPSA) is 96.3 Å². The number of nitrogens with zero attached hydrogens (tertiary/aromatic N) is 4. The second kappa shape index (κ2) is 13.1. The Morgan fingerprint density at radius 2 is 2.07 bits per heavy atom. The van der Waals surface area contributed by atoms with Gasteiger partial charge in [0.25, 0.3) is 0 Å². The van der Waals surface area contributed by atoms with E-state index < -0.39 is 5.50 Å². The molecule has 0 bridgehead atoms. The number of amidine groups is 2. The van der Waals surface area contributed by atoms with Gasteiger partial charge in [-0.3, -0.25) is 20.6 Å². The maximum atomic E-state index is 13.3. The number of thioether (sulfide) groups is 1. The van der Waals surface area contributed by atoms with E-state index in [1.54, 1.807) is 36.0 Å². The Labute approximate surface area is 182 Å². The van der Waals surface area contributed by atoms with Crippen LogP contribution in [0.2, 0.25) is 0 Å². The van der Waals surface area contributed by atoms with Crippen LogP contribution in [-0.4, -0.2) is 84.7 Å². The Balaban J connectivity index is 2.97. The summed E-state index contributed by atoms with van der Waals surface area (Å²) >= 11 is 0.821. The molecule has 0 aromatic rings. The van der Waals surface area contributed by atoms with E-state index in [1.807, 2.05) is 6.92 Å². The van der Waals surface area contributed by atoms with E-state index in [-0.39, 0.29) is 17.5 Å². The highest BCUT2D eigenvalue weighted by Gasteiger charge is 2.22. The lowest BCUT2D eigenvalue weighted by Gasteiger charge is -2.31. The molecule has 3 N–H and O–H groups in total. The fraction of sp³-hybridized carbons (Fsp3) is 0.632. The number of alkyl halides is 1. The number of rotatable bonds is 9. The van der Waals surface area contributed by atoms with Crippen molar-refractivity contribution in [1.29, 1.82) is 5.41 Å². The lowest BCUT2D eigenvalue weighted by Crippen LogP contribution is -2.46. The Morgan fingerprint density at radius 3 is 2.57 bits per heavy atom. The summed E-state index contributed by atoms with van der Waals surface area (Å²) in [6.07, 6.45) is 2.12. The largest absolute Gasteiger partial charge is 0.378 e. The minimum absolute atomic E-state index is 0.0318. The number of halogens is 1. The van der Waals surface area contributed by atoms with Crippen LogP contribution >= 0.6 is 11.8 Å². The van der Waals surface area contributed by atoms with Crippen molar-refractivity contribution in [3.05, 3.63) is 24.3 Å². The third kappa shape index (κ3) is 7.86. The van der Waals surface area contributed by atoms with Crippen molar-refractivity contribution in [2.75, 3.05) is 47.4 Å². The normalized spacial score (nSPS) is 16.3. The first-order valence-corrected chi connectivity index (χ1v) is 10.7. The van der Waals surface area contributed by atoms with Crippen LogP contribution in [0.1, 0.15) is 26.7 Å². The highest BCUT2D eigenvalue weighted by Crippen LogP contribution is 2.18. The number of aliphatic imine (C=N–C) groups is 1. The Hall–Kier alpha value is -2.27. The molecule has 1 unspecified atom stereocenters. The van der Waals surface area contributed by atoms with Crippen LogP contribution in [0.15, 0.2) is 29.3 Å². The lowest BCUT2D eigenvalue weighted by atomic mass is 10.3. The van der Waals surface area contributed by atoms with Crippen LogP contribution in [0.4, 0.5) is 4.39 Å². The summed E-state index contributed by atoms with van der Waals surface area (Å²) in [6.45, 7) is 9.21. The van der Waals surface area contributed by atoms with Crippen LogP contribution in [0, 0.1) is 5.41 Å². The predicted molar refractivity (Wildman–Crippen MR) is 121 cm³/mol. The molecule has 0 aromatic carbocycles. The van der Waals surface area contributed by atoms with Gasteiger partial charge in [-0.15, -0.1) is 0 Å². The van der Waals surface area contributed by atoms with Gasteiger partial charge in [-0.1, -0.05) is 25.3 Å². The molecule has 0 radical (unpaired) electrons. The fourth-order valence-electron chi connectivity index (χ4n) is 2.84. The second-order valence-electron chi connectivity index (χ2n) is 6.52. The number of carbonyl (C=O) groups excluding carboxylic acids is 1. The van der Waals surface area contributed by atoms with Gasteiger partial charge in [0, 0.05) is 40.4 Å². The second-order valence-corrected chi connectivity index (χ2v) is 7.80. The van der Waals surface area contributed by atoms with Crippen LogP contribution in [0.5, 0.6) is 0 Å². The average Bonchev–Trinajstić information content (AvgIpc) is 2.72. The van der Waals surface area contributed by atoms with Gasteiger partial charge in [0.05, 0.1) is 25.3 Å². The van der Waals surface area contributed by atoms with Gasteiger partial charge in [-0.05, 0) is 13.3 Å². The number of nitrogens with one attached hydrogen (secondary N) is 3. The zero-order valence-electron chi connectivity index (χ0n) is 18.5. The maximum Gasteiger partial charge on any atom is 0.230 e. The van der Waals surface area contributed by atoms with Gasteiger partial charge >= 0.3 is 0 Å². The predicted octanol–water partition coefficient (Wildman–Crippen LogP) is 1.93. The lowest BCUT2D eigenvalue weighted by molar-refractivity contribution is -0.134. The van der Waals surface area contributed by atoms with Crippen molar-refractivity contribution in [3.8, 4) is 0 Å². The monoisotopic (exact) mass is 443 g/mol. The summed E-state index contributed by atoms with van der Waals surface area (Å²) in [4.78, 5) is 20.2. The van der Waals surface area contributed by atoms with Gasteiger partial charge < -0.3 is 19.9 Å². The molecule has 1 fully saturated rings. The fourth-order valence-corrected chi connectivity index (χ4v) is 3.39. The molecule has 30 heavy (non-hydrogen) atoms. The van der Waals surface area contributed by atoms with E-state index in [0.29, 0.717) is 44.4 Å². The summed E-state index contributed by atoms with van der Waals surface area (Å²) in [7, 11) is 5.20. The number of allylic oxidation sites excluding steroid dienone is 1. The summed E-state index contributed by atoms with van der Waals surface area (Å²) < 4.78 is 18.6. The molecule has 1 amide bonds. The van der Waals surface area contributed by atoms with Crippen LogP contribution in [0.25, 0.3) is 0 Å². The number of amides is 1. The first-order valence-electron chi connectivity index (χ1n) is 9.82. The molecule has 0 saturated carbocycles. The first kappa shape index (κ1) is 25.8. The summed E-state index contributed by atoms with van der Waals surface area (Å²) in [5.74, 6) is 1.10. The van der Waals surface area contributed by atoms with Crippen molar-refractivity contribution in [2.45, 2.75) is 32.2 Å². The Morgan fingerprint density at radius 1 is 1.43 bits per heavy atom. The molecule has 1 atom stereocenters. The molecule has 170 valence electrons. The molecular formula is C19H34FN7O2S. The van der Waals surface area contributed by atoms with Crippen molar-refractivity contribution < 1.29 is 13.9 Å². The van der Waals surface area contributed by atoms with Gasteiger partial charge in [0.2, 0.25) is 5.91 Å². The molecule has 0 spiro atoms. The molecule has 1 heterocycles. The zero-order chi connectivity index (χ0) is 22.7. The Bertz CT molecular complexity index is 663. The molecule has 9 nitrogen and oxygen atoms in total. The van der Waals surface area contributed by atoms with E-state index in [2.05, 4.69) is 22.3 Å². The number of carbonyl (C=O) groups is 1. The van der Waals surface area contributed by atoms with Crippen molar-refractivity contribution >= 4 is 28.7 Å². The molecule has 0 aromatic heterocycles. The number of morpholine rings is 1. The number of hydrogen-bond donors (Lipinski definition) is 3. The summed E-state index contributed by atoms with van der Waals surface area (Å²) in [5, 5.41) is 12.9. The Kier molecular flexibility index (Phi) is 11.3. The van der Waals surface area contributed by atoms with Crippen molar-refractivity contribution in [2.24, 2.45) is 4.99 Å². The molecule has 1 rings (SSSR count). The van der Waals surface area contributed by atoms with E-state index in [0.717, 1.165) is 17.5 Å². The van der Waals surface area contributed by atoms with E-state index in [9.17, 15) is 9.18 Å². The minimum Gasteiger partial charge on any atom is -0.378 e. The van der Waals surface area contributed by atoms with Crippen molar-refractivity contribution in [1.82, 2.24) is 25.6 Å². The SMILES string of the molecule is C=C/N=C(/CC(=O)N1CCOCC1)N(C)N/C(CC)=C(\NC)N(C)C(=N)SC(C)F. The van der Waals surface area contributed by atoms with E-state index >= 15 is 0 Å². The molecule has 1 aliphatic heterocycles. The van der Waals surface area contributed by atoms with Gasteiger partial charge in [0.15, 0.2) is 5.17 Å². The standard InChI is InChI=1S/C19H34FN7O2S/c1-7-15(18(22-4)25(5)19(21)30-14(3)20)24-26(6)16(23-8-2)13-17(28)27-9-11-29-12-10-27/h8,14,21-22,24H,2,7,9-13H2,1,3-6H3/b18-15+,21-19?,23-16-. The molecule has 1 saturated heterocycles. The highest BCUT2D eigenvalue weighted by molar-refractivity contribution is 8.14. The number of hydrazine groups is 1. The summed E-state index contributed by atoms with van der Waals surface area (Å²) in [5.41, 5.74) is 2.81. The zero-order valence-corrected chi connectivity index (χ0v) is 19.3. The van der Waals surface area contributed by atoms with Gasteiger partial charge in [-0.25, -0.2) is 9.38 Å². The first-order chi connectivity index (χ1) is 14.2. The smallest absolute Gasteiger partial charge is 0.230 e. The van der Waals surface area contributed by atoms with Gasteiger partial charge in [0.1, 0.15) is 17.2 Å². The average molecular weight is 444 g/mol. The maximum absolute atomic E-state index is 13.3. The van der Waals surface area contributed by atoms with Crippen LogP contribution in [0.3, 0.4) is 0 Å². The highest BCUT2D eigenvalue weighted by atomic mass is 32.2. The number of hydrogen-bond acceptors (Lipinski definition) is 7. The number of ether oxygens (including phenoxy) is 1. The van der Waals surface area contributed by atoms with E-state index in [4.69, 9.17) is 10.1 Å². The minimum atomic E-state index is -1.18. The molecule has 1 aliphatic rings. The van der Waals surface area contributed by atoms with Gasteiger partial charge in [-0.2, -0.15) is 0 Å². The van der Waals surface area contributed by atoms with Crippen LogP contribution < -0.4 is 10.7 Å². The van der Waals surface area contributed by atoms with E-state index in [1.165, 1.54) is 13.1 Å². The van der Waals surface area contributed by atoms with Crippen molar-refractivity contribution in [3.63, 3.8) is 0 Å². The summed E-state index contributed by atoms with van der Waals surface area (Å²) in [6, 6.07) is 0. The molecule has 11 heteroatoms. The molecular weight excluding hydrogens is 409 g/mol.